The van der Waals surface area contributed by atoms with Gasteiger partial charge in [0.1, 0.15) is 0 Å². The minimum atomic E-state index is -0.342. The molecule has 0 fully saturated rings. The highest BCUT2D eigenvalue weighted by molar-refractivity contribution is 5.86. The fraction of sp³-hybridized carbons (Fsp3) is 0.333. The minimum Gasteiger partial charge on any atom is -0.358 e. The van der Waals surface area contributed by atoms with Gasteiger partial charge in [0, 0.05) is 48.2 Å². The molecule has 1 aliphatic heterocycles. The summed E-state index contributed by atoms with van der Waals surface area (Å²) in [7, 11) is 2.07. The third-order valence-electron chi connectivity index (χ3n) is 3.36. The van der Waals surface area contributed by atoms with E-state index < -0.39 is 0 Å². The van der Waals surface area contributed by atoms with Crippen molar-refractivity contribution in [1.82, 2.24) is 9.88 Å². The zero-order valence-corrected chi connectivity index (χ0v) is 9.56. The lowest BCUT2D eigenvalue weighted by Gasteiger charge is -2.22. The van der Waals surface area contributed by atoms with Crippen molar-refractivity contribution in [1.29, 1.82) is 0 Å². The van der Waals surface area contributed by atoms with E-state index in [2.05, 4.69) is 16.9 Å². The first kappa shape index (κ1) is 10.3. The molecule has 0 atom stereocenters. The molecule has 88 valence electrons. The van der Waals surface area contributed by atoms with Crippen LogP contribution in [0.2, 0.25) is 0 Å². The Labute approximate surface area is 98.2 Å². The van der Waals surface area contributed by atoms with Gasteiger partial charge in [-0.2, -0.15) is 0 Å². The van der Waals surface area contributed by atoms with E-state index in [1.165, 1.54) is 11.3 Å². The highest BCUT2D eigenvalue weighted by Gasteiger charge is 2.19. The molecule has 1 aliphatic rings. The molecule has 1 aromatic heterocycles. The molecule has 0 spiro atoms. The number of nitro groups is 1. The van der Waals surface area contributed by atoms with Crippen LogP contribution in [-0.2, 0) is 13.0 Å². The predicted octanol–water partition coefficient (Wildman–Crippen LogP) is 2.06. The molecular weight excluding hydrogens is 218 g/mol. The number of H-pyrrole nitrogens is 1. The van der Waals surface area contributed by atoms with E-state index in [4.69, 9.17) is 0 Å². The summed E-state index contributed by atoms with van der Waals surface area (Å²) in [5.41, 5.74) is 3.58. The monoisotopic (exact) mass is 231 g/mol. The zero-order valence-electron chi connectivity index (χ0n) is 9.56. The number of nitro benzene ring substituents is 1. The second-order valence-corrected chi connectivity index (χ2v) is 4.56. The van der Waals surface area contributed by atoms with Crippen LogP contribution in [0.4, 0.5) is 5.69 Å². The first-order valence-corrected chi connectivity index (χ1v) is 5.61. The van der Waals surface area contributed by atoms with E-state index in [9.17, 15) is 10.1 Å². The topological polar surface area (TPSA) is 62.2 Å². The van der Waals surface area contributed by atoms with Crippen LogP contribution in [0.15, 0.2) is 18.2 Å². The normalized spacial score (nSPS) is 16.1. The molecule has 1 aromatic carbocycles. The first-order valence-electron chi connectivity index (χ1n) is 5.61. The highest BCUT2D eigenvalue weighted by Crippen LogP contribution is 2.29. The van der Waals surface area contributed by atoms with Crippen molar-refractivity contribution in [3.8, 4) is 0 Å². The molecule has 1 N–H and O–H groups in total. The number of benzene rings is 1. The quantitative estimate of drug-likeness (QED) is 0.603. The molecule has 0 unspecified atom stereocenters. The number of aromatic nitrogens is 1. The van der Waals surface area contributed by atoms with Gasteiger partial charge in [0.25, 0.3) is 5.69 Å². The van der Waals surface area contributed by atoms with E-state index in [0.29, 0.717) is 0 Å². The SMILES string of the molecule is CN1CCc2[nH]c3ccc([N+](=O)[O-])cc3c2C1. The summed E-state index contributed by atoms with van der Waals surface area (Å²) in [4.78, 5) is 16.0. The van der Waals surface area contributed by atoms with Crippen molar-refractivity contribution in [2.45, 2.75) is 13.0 Å². The van der Waals surface area contributed by atoms with Crippen molar-refractivity contribution in [3.05, 3.63) is 39.6 Å². The average Bonchev–Trinajstić information content (AvgIpc) is 2.66. The fourth-order valence-corrected chi connectivity index (χ4v) is 2.45. The van der Waals surface area contributed by atoms with Gasteiger partial charge in [-0.05, 0) is 18.7 Å². The maximum Gasteiger partial charge on any atom is 0.270 e. The molecule has 0 aliphatic carbocycles. The Kier molecular flexibility index (Phi) is 2.16. The van der Waals surface area contributed by atoms with Gasteiger partial charge in [-0.3, -0.25) is 10.1 Å². The smallest absolute Gasteiger partial charge is 0.270 e. The number of nitrogens with one attached hydrogen (secondary N) is 1. The number of nitrogens with zero attached hydrogens (tertiary/aromatic N) is 2. The zero-order chi connectivity index (χ0) is 12.0. The van der Waals surface area contributed by atoms with Crippen LogP contribution in [0.3, 0.4) is 0 Å². The predicted molar refractivity (Wildman–Crippen MR) is 65.0 cm³/mol. The van der Waals surface area contributed by atoms with Crippen LogP contribution in [0.25, 0.3) is 10.9 Å². The second kappa shape index (κ2) is 3.56. The Balaban J connectivity index is 2.21. The summed E-state index contributed by atoms with van der Waals surface area (Å²) in [5.74, 6) is 0. The third kappa shape index (κ3) is 1.59. The van der Waals surface area contributed by atoms with Crippen molar-refractivity contribution < 1.29 is 4.92 Å². The molecule has 5 nitrogen and oxygen atoms in total. The average molecular weight is 231 g/mol. The lowest BCUT2D eigenvalue weighted by Crippen LogP contribution is -2.25. The van der Waals surface area contributed by atoms with Crippen LogP contribution in [0.5, 0.6) is 0 Å². The van der Waals surface area contributed by atoms with Gasteiger partial charge in [0.05, 0.1) is 4.92 Å². The van der Waals surface area contributed by atoms with Crippen LogP contribution < -0.4 is 0 Å². The van der Waals surface area contributed by atoms with Gasteiger partial charge >= 0.3 is 0 Å². The van der Waals surface area contributed by atoms with Crippen LogP contribution in [0.1, 0.15) is 11.3 Å². The molecule has 0 saturated heterocycles. The number of aromatic amines is 1. The molecule has 2 aromatic rings. The van der Waals surface area contributed by atoms with Gasteiger partial charge < -0.3 is 9.88 Å². The lowest BCUT2D eigenvalue weighted by atomic mass is 10.0. The maximum absolute atomic E-state index is 10.8. The van der Waals surface area contributed by atoms with Gasteiger partial charge in [0.2, 0.25) is 0 Å². The third-order valence-corrected chi connectivity index (χ3v) is 3.36. The largest absolute Gasteiger partial charge is 0.358 e. The summed E-state index contributed by atoms with van der Waals surface area (Å²) in [6.45, 7) is 1.89. The van der Waals surface area contributed by atoms with E-state index >= 15 is 0 Å². The number of rotatable bonds is 1. The maximum atomic E-state index is 10.8. The molecule has 0 amide bonds. The molecule has 3 rings (SSSR count). The Morgan fingerprint density at radius 3 is 3.06 bits per heavy atom. The highest BCUT2D eigenvalue weighted by atomic mass is 16.6. The second-order valence-electron chi connectivity index (χ2n) is 4.56. The van der Waals surface area contributed by atoms with Crippen LogP contribution >= 0.6 is 0 Å². The summed E-state index contributed by atoms with van der Waals surface area (Å²) >= 11 is 0. The number of hydrogen-bond acceptors (Lipinski definition) is 3. The van der Waals surface area contributed by atoms with Gasteiger partial charge in [-0.15, -0.1) is 0 Å². The number of non-ortho nitro benzene ring substituents is 1. The van der Waals surface area contributed by atoms with Crippen molar-refractivity contribution in [3.63, 3.8) is 0 Å². The summed E-state index contributed by atoms with van der Waals surface area (Å²) in [6.07, 6.45) is 0.980. The molecule has 0 bridgehead atoms. The van der Waals surface area contributed by atoms with Gasteiger partial charge in [0.15, 0.2) is 0 Å². The van der Waals surface area contributed by atoms with Crippen molar-refractivity contribution in [2.75, 3.05) is 13.6 Å². The standard InChI is InChI=1S/C12H13N3O2/c1-14-5-4-12-10(7-14)9-6-8(15(16)17)2-3-11(9)13-12/h2-3,6,13H,4-5,7H2,1H3. The summed E-state index contributed by atoms with van der Waals surface area (Å²) in [5, 5.41) is 11.8. The van der Waals surface area contributed by atoms with Crippen LogP contribution in [-0.4, -0.2) is 28.4 Å². The van der Waals surface area contributed by atoms with Gasteiger partial charge in [-0.1, -0.05) is 0 Å². The van der Waals surface area contributed by atoms with Crippen LogP contribution in [0, 0.1) is 10.1 Å². The molecule has 0 saturated carbocycles. The molecule has 2 heterocycles. The number of likely N-dealkylation sites (N-methyl/N-ethyl adjacent to an activating group) is 1. The minimum absolute atomic E-state index is 0.160. The van der Waals surface area contributed by atoms with E-state index in [1.54, 1.807) is 18.2 Å². The number of hydrogen-bond donors (Lipinski definition) is 1. The Morgan fingerprint density at radius 2 is 2.29 bits per heavy atom. The van der Waals surface area contributed by atoms with Crippen molar-refractivity contribution >= 4 is 16.6 Å². The van der Waals surface area contributed by atoms with E-state index in [0.717, 1.165) is 30.4 Å². The van der Waals surface area contributed by atoms with E-state index in [1.807, 2.05) is 0 Å². The Hall–Kier alpha value is -1.88. The number of fused-ring (bicyclic) bond motifs is 3. The Bertz CT molecular complexity index is 603. The summed E-state index contributed by atoms with van der Waals surface area (Å²) in [6, 6.07) is 5.02. The van der Waals surface area contributed by atoms with E-state index in [-0.39, 0.29) is 10.6 Å². The molecule has 5 heteroatoms. The molecule has 17 heavy (non-hydrogen) atoms. The lowest BCUT2D eigenvalue weighted by molar-refractivity contribution is -0.384. The first-order chi connectivity index (χ1) is 8.15. The molecule has 0 radical (unpaired) electrons. The summed E-state index contributed by atoms with van der Waals surface area (Å²) < 4.78 is 0. The van der Waals surface area contributed by atoms with Crippen molar-refractivity contribution in [2.24, 2.45) is 0 Å². The molecular formula is C12H13N3O2. The fourth-order valence-electron chi connectivity index (χ4n) is 2.45. The van der Waals surface area contributed by atoms with Gasteiger partial charge in [-0.25, -0.2) is 0 Å². The Morgan fingerprint density at radius 1 is 1.47 bits per heavy atom.